The van der Waals surface area contributed by atoms with Crippen LogP contribution >= 0.6 is 0 Å². The van der Waals surface area contributed by atoms with Gasteiger partial charge in [-0.25, -0.2) is 4.79 Å². The Morgan fingerprint density at radius 1 is 1.25 bits per heavy atom. The zero-order valence-corrected chi connectivity index (χ0v) is 12.0. The highest BCUT2D eigenvalue weighted by Gasteiger charge is 2.08. The van der Waals surface area contributed by atoms with Crippen molar-refractivity contribution in [2.24, 2.45) is 0 Å². The minimum absolute atomic E-state index is 0.287. The Hall–Kier alpha value is -2.10. The van der Waals surface area contributed by atoms with Crippen molar-refractivity contribution < 1.29 is 9.53 Å². The summed E-state index contributed by atoms with van der Waals surface area (Å²) in [5.74, 6) is -0.287. The van der Waals surface area contributed by atoms with Crippen LogP contribution in [0, 0.1) is 0 Å². The summed E-state index contributed by atoms with van der Waals surface area (Å²) in [4.78, 5) is 11.6. The maximum atomic E-state index is 11.6. The van der Waals surface area contributed by atoms with E-state index in [1.165, 1.54) is 6.42 Å². The number of benzene rings is 1. The zero-order valence-electron chi connectivity index (χ0n) is 12.0. The van der Waals surface area contributed by atoms with Crippen molar-refractivity contribution in [1.82, 2.24) is 10.2 Å². The molecule has 0 atom stereocenters. The van der Waals surface area contributed by atoms with Crippen LogP contribution < -0.4 is 0 Å². The first-order valence-electron chi connectivity index (χ1n) is 7.06. The number of aryl methyl sites for hydroxylation is 1. The third-order valence-electron chi connectivity index (χ3n) is 3.12. The summed E-state index contributed by atoms with van der Waals surface area (Å²) >= 11 is 0. The number of esters is 1. The number of ether oxygens (including phenoxy) is 1. The summed E-state index contributed by atoms with van der Waals surface area (Å²) in [7, 11) is 0. The molecule has 0 aliphatic carbocycles. The number of unbranched alkanes of at least 4 members (excludes halogenated alkanes) is 1. The van der Waals surface area contributed by atoms with Crippen LogP contribution in [0.15, 0.2) is 30.3 Å². The van der Waals surface area contributed by atoms with Crippen molar-refractivity contribution in [2.75, 3.05) is 6.61 Å². The van der Waals surface area contributed by atoms with Crippen LogP contribution in [0.5, 0.6) is 0 Å². The maximum Gasteiger partial charge on any atom is 0.338 e. The standard InChI is InChI=1S/C16H20N2O2/c1-3-5-6-14-11-15(18-17-14)12-7-9-13(10-8-12)16(19)20-4-2/h7-11H,3-6H2,1-2H3,(H,17,18). The van der Waals surface area contributed by atoms with Gasteiger partial charge in [0.2, 0.25) is 0 Å². The van der Waals surface area contributed by atoms with Crippen molar-refractivity contribution in [3.8, 4) is 11.3 Å². The van der Waals surface area contributed by atoms with Crippen LogP contribution in [-0.2, 0) is 11.2 Å². The highest BCUT2D eigenvalue weighted by atomic mass is 16.5. The van der Waals surface area contributed by atoms with Gasteiger partial charge < -0.3 is 4.74 Å². The molecule has 106 valence electrons. The van der Waals surface area contributed by atoms with Crippen LogP contribution in [0.1, 0.15) is 42.7 Å². The molecule has 0 aliphatic heterocycles. The Kier molecular flexibility index (Phi) is 4.93. The van der Waals surface area contributed by atoms with Gasteiger partial charge in [-0.15, -0.1) is 0 Å². The summed E-state index contributed by atoms with van der Waals surface area (Å²) in [5.41, 5.74) is 3.62. The molecular formula is C16H20N2O2. The van der Waals surface area contributed by atoms with E-state index in [1.54, 1.807) is 19.1 Å². The molecule has 4 heteroatoms. The number of hydrogen-bond donors (Lipinski definition) is 1. The quantitative estimate of drug-likeness (QED) is 0.817. The Labute approximate surface area is 119 Å². The zero-order chi connectivity index (χ0) is 14.4. The number of carbonyl (C=O) groups excluding carboxylic acids is 1. The van der Waals surface area contributed by atoms with Crippen LogP contribution in [0.2, 0.25) is 0 Å². The molecule has 0 unspecified atom stereocenters. The predicted molar refractivity (Wildman–Crippen MR) is 78.6 cm³/mol. The number of nitrogens with one attached hydrogen (secondary N) is 1. The van der Waals surface area contributed by atoms with Gasteiger partial charge in [0.25, 0.3) is 0 Å². The van der Waals surface area contributed by atoms with E-state index in [-0.39, 0.29) is 5.97 Å². The molecule has 2 aromatic rings. The summed E-state index contributed by atoms with van der Waals surface area (Å²) in [5, 5.41) is 7.36. The second kappa shape index (κ2) is 6.89. The lowest BCUT2D eigenvalue weighted by atomic mass is 10.1. The second-order valence-electron chi connectivity index (χ2n) is 4.68. The highest BCUT2D eigenvalue weighted by molar-refractivity contribution is 5.89. The first kappa shape index (κ1) is 14.3. The molecule has 0 aliphatic rings. The van der Waals surface area contributed by atoms with E-state index in [1.807, 2.05) is 12.1 Å². The van der Waals surface area contributed by atoms with E-state index >= 15 is 0 Å². The van der Waals surface area contributed by atoms with Gasteiger partial charge in [0.15, 0.2) is 0 Å². The molecule has 1 heterocycles. The molecule has 1 N–H and O–H groups in total. The van der Waals surface area contributed by atoms with E-state index in [2.05, 4.69) is 23.2 Å². The van der Waals surface area contributed by atoms with Crippen molar-refractivity contribution in [2.45, 2.75) is 33.1 Å². The highest BCUT2D eigenvalue weighted by Crippen LogP contribution is 2.19. The van der Waals surface area contributed by atoms with Crippen molar-refractivity contribution in [3.63, 3.8) is 0 Å². The number of hydrogen-bond acceptors (Lipinski definition) is 3. The SMILES string of the molecule is CCCCc1cc(-c2ccc(C(=O)OCC)cc2)n[nH]1. The predicted octanol–water partition coefficient (Wildman–Crippen LogP) is 3.60. The monoisotopic (exact) mass is 272 g/mol. The smallest absolute Gasteiger partial charge is 0.338 e. The van der Waals surface area contributed by atoms with E-state index < -0.39 is 0 Å². The van der Waals surface area contributed by atoms with E-state index in [4.69, 9.17) is 4.74 Å². The average molecular weight is 272 g/mol. The molecule has 0 fully saturated rings. The minimum Gasteiger partial charge on any atom is -0.462 e. The maximum absolute atomic E-state index is 11.6. The van der Waals surface area contributed by atoms with Gasteiger partial charge >= 0.3 is 5.97 Å². The first-order valence-corrected chi connectivity index (χ1v) is 7.06. The molecule has 0 saturated heterocycles. The van der Waals surface area contributed by atoms with Crippen LogP contribution in [0.25, 0.3) is 11.3 Å². The van der Waals surface area contributed by atoms with Gasteiger partial charge in [-0.3, -0.25) is 5.10 Å². The van der Waals surface area contributed by atoms with E-state index in [0.29, 0.717) is 12.2 Å². The molecule has 4 nitrogen and oxygen atoms in total. The van der Waals surface area contributed by atoms with Crippen LogP contribution in [0.3, 0.4) is 0 Å². The fourth-order valence-corrected chi connectivity index (χ4v) is 2.00. The molecule has 0 radical (unpaired) electrons. The summed E-state index contributed by atoms with van der Waals surface area (Å²) in [6.07, 6.45) is 3.34. The lowest BCUT2D eigenvalue weighted by Gasteiger charge is -2.02. The molecule has 0 spiro atoms. The molecule has 1 aromatic carbocycles. The Morgan fingerprint density at radius 3 is 2.65 bits per heavy atom. The molecule has 0 amide bonds. The molecule has 1 aromatic heterocycles. The van der Waals surface area contributed by atoms with E-state index in [9.17, 15) is 4.79 Å². The van der Waals surface area contributed by atoms with Gasteiger partial charge in [0, 0.05) is 11.3 Å². The van der Waals surface area contributed by atoms with Crippen molar-refractivity contribution in [3.05, 3.63) is 41.6 Å². The van der Waals surface area contributed by atoms with Gasteiger partial charge in [-0.05, 0) is 38.0 Å². The van der Waals surface area contributed by atoms with Gasteiger partial charge in [-0.2, -0.15) is 5.10 Å². The number of carbonyl (C=O) groups is 1. The lowest BCUT2D eigenvalue weighted by Crippen LogP contribution is -2.03. The number of H-pyrrole nitrogens is 1. The second-order valence-corrected chi connectivity index (χ2v) is 4.68. The van der Waals surface area contributed by atoms with Crippen LogP contribution in [0.4, 0.5) is 0 Å². The lowest BCUT2D eigenvalue weighted by molar-refractivity contribution is 0.0526. The number of nitrogens with zero attached hydrogens (tertiary/aromatic N) is 1. The molecule has 2 rings (SSSR count). The number of rotatable bonds is 6. The van der Waals surface area contributed by atoms with Gasteiger partial charge in [0.1, 0.15) is 0 Å². The van der Waals surface area contributed by atoms with Gasteiger partial charge in [0.05, 0.1) is 17.9 Å². The average Bonchev–Trinajstić information content (AvgIpc) is 2.94. The molecule has 0 saturated carbocycles. The molecular weight excluding hydrogens is 252 g/mol. The summed E-state index contributed by atoms with van der Waals surface area (Å²) < 4.78 is 4.96. The third kappa shape index (κ3) is 3.47. The summed E-state index contributed by atoms with van der Waals surface area (Å²) in [6, 6.07) is 9.40. The third-order valence-corrected chi connectivity index (χ3v) is 3.12. The van der Waals surface area contributed by atoms with E-state index in [0.717, 1.165) is 29.8 Å². The number of aromatic nitrogens is 2. The normalized spacial score (nSPS) is 10.5. The first-order chi connectivity index (χ1) is 9.74. The minimum atomic E-state index is -0.287. The Bertz CT molecular complexity index is 558. The fourth-order valence-electron chi connectivity index (χ4n) is 2.00. The van der Waals surface area contributed by atoms with Gasteiger partial charge in [-0.1, -0.05) is 25.5 Å². The Morgan fingerprint density at radius 2 is 2.00 bits per heavy atom. The topological polar surface area (TPSA) is 55.0 Å². The fraction of sp³-hybridized carbons (Fsp3) is 0.375. The van der Waals surface area contributed by atoms with Crippen molar-refractivity contribution >= 4 is 5.97 Å². The van der Waals surface area contributed by atoms with Crippen LogP contribution in [-0.4, -0.2) is 22.8 Å². The molecule has 20 heavy (non-hydrogen) atoms. The molecule has 0 bridgehead atoms. The number of aromatic amines is 1. The summed E-state index contributed by atoms with van der Waals surface area (Å²) in [6.45, 7) is 4.36. The Balaban J connectivity index is 2.09. The van der Waals surface area contributed by atoms with Crippen molar-refractivity contribution in [1.29, 1.82) is 0 Å². The largest absolute Gasteiger partial charge is 0.462 e.